The second-order valence-electron chi connectivity index (χ2n) is 12.1. The van der Waals surface area contributed by atoms with Crippen molar-refractivity contribution in [2.45, 2.75) is 71.3 Å². The molecule has 2 aliphatic rings. The van der Waals surface area contributed by atoms with Crippen molar-refractivity contribution in [1.82, 2.24) is 14.7 Å². The van der Waals surface area contributed by atoms with Crippen LogP contribution < -0.4 is 4.74 Å². The van der Waals surface area contributed by atoms with E-state index in [2.05, 4.69) is 52.8 Å². The Labute approximate surface area is 228 Å². The third kappa shape index (κ3) is 8.27. The largest absolute Gasteiger partial charge is 0.493 e. The van der Waals surface area contributed by atoms with Crippen LogP contribution in [0, 0.1) is 5.92 Å². The van der Waals surface area contributed by atoms with Crippen molar-refractivity contribution in [3.8, 4) is 5.75 Å². The Morgan fingerprint density at radius 2 is 1.45 bits per heavy atom. The van der Waals surface area contributed by atoms with Crippen molar-refractivity contribution in [2.24, 2.45) is 5.92 Å². The fraction of sp³-hybridized carbons (Fsp3) is 0.581. The first-order chi connectivity index (χ1) is 18.1. The van der Waals surface area contributed by atoms with E-state index in [0.29, 0.717) is 23.6 Å². The van der Waals surface area contributed by atoms with Crippen LogP contribution in [0.1, 0.15) is 62.0 Å². The highest BCUT2D eigenvalue weighted by Crippen LogP contribution is 2.24. The number of piperazine rings is 1. The van der Waals surface area contributed by atoms with Gasteiger partial charge in [0.2, 0.25) is 0 Å². The predicted octanol–water partition coefficient (Wildman–Crippen LogP) is 4.34. The molecule has 2 aromatic rings. The summed E-state index contributed by atoms with van der Waals surface area (Å²) in [5, 5.41) is 19.2. The van der Waals surface area contributed by atoms with Gasteiger partial charge >= 0.3 is 5.97 Å². The van der Waals surface area contributed by atoms with Crippen molar-refractivity contribution in [3.63, 3.8) is 0 Å². The molecular formula is C31H45N3O4. The van der Waals surface area contributed by atoms with Gasteiger partial charge in [-0.15, -0.1) is 0 Å². The second-order valence-corrected chi connectivity index (χ2v) is 12.1. The number of likely N-dealkylation sites (tertiary alicyclic amines) is 1. The quantitative estimate of drug-likeness (QED) is 0.480. The van der Waals surface area contributed by atoms with Crippen LogP contribution >= 0.6 is 0 Å². The number of piperidine rings is 1. The Kier molecular flexibility index (Phi) is 9.47. The molecule has 2 atom stereocenters. The number of aromatic carboxylic acids is 1. The Hall–Kier alpha value is -2.45. The summed E-state index contributed by atoms with van der Waals surface area (Å²) in [7, 11) is 0. The summed E-state index contributed by atoms with van der Waals surface area (Å²) in [5.74, 6) is 0.625. The number of carboxylic acids is 1. The van der Waals surface area contributed by atoms with E-state index in [0.717, 1.165) is 76.6 Å². The van der Waals surface area contributed by atoms with Crippen molar-refractivity contribution < 1.29 is 19.7 Å². The van der Waals surface area contributed by atoms with E-state index in [1.165, 1.54) is 5.56 Å². The minimum absolute atomic E-state index is 0.334. The minimum Gasteiger partial charge on any atom is -0.493 e. The molecule has 2 N–H and O–H groups in total. The van der Waals surface area contributed by atoms with E-state index < -0.39 is 11.6 Å². The summed E-state index contributed by atoms with van der Waals surface area (Å²) in [6, 6.07) is 16.7. The van der Waals surface area contributed by atoms with E-state index >= 15 is 0 Å². The first kappa shape index (κ1) is 28.6. The molecule has 0 saturated carbocycles. The molecule has 0 bridgehead atoms. The molecule has 2 aromatic carbocycles. The van der Waals surface area contributed by atoms with Crippen molar-refractivity contribution in [3.05, 3.63) is 65.2 Å². The first-order valence-electron chi connectivity index (χ1n) is 14.0. The Morgan fingerprint density at radius 3 is 2.00 bits per heavy atom. The van der Waals surface area contributed by atoms with Crippen LogP contribution in [0.15, 0.2) is 48.5 Å². The fourth-order valence-corrected chi connectivity index (χ4v) is 5.89. The molecule has 0 unspecified atom stereocenters. The van der Waals surface area contributed by atoms with E-state index in [9.17, 15) is 9.90 Å². The molecule has 2 fully saturated rings. The SMILES string of the molecule is C[C@@H]1CN(Cc2ccc(C(=O)O)cc2)C[C@H](C)N1Cc1ccc(OCC2CCN(CC(C)(C)O)CC2)cc1. The average molecular weight is 524 g/mol. The third-order valence-corrected chi connectivity index (χ3v) is 7.88. The van der Waals surface area contributed by atoms with Crippen LogP contribution in [0.5, 0.6) is 5.75 Å². The Bertz CT molecular complexity index is 1010. The summed E-state index contributed by atoms with van der Waals surface area (Å²) >= 11 is 0. The monoisotopic (exact) mass is 523 g/mol. The zero-order valence-corrected chi connectivity index (χ0v) is 23.5. The summed E-state index contributed by atoms with van der Waals surface area (Å²) in [6.07, 6.45) is 2.23. The number of benzene rings is 2. The lowest BCUT2D eigenvalue weighted by atomic mass is 9.96. The molecule has 38 heavy (non-hydrogen) atoms. The third-order valence-electron chi connectivity index (χ3n) is 7.88. The number of aliphatic hydroxyl groups is 1. The zero-order chi connectivity index (χ0) is 27.3. The maximum absolute atomic E-state index is 11.1. The lowest BCUT2D eigenvalue weighted by Crippen LogP contribution is -2.55. The number of carbonyl (C=O) groups is 1. The van der Waals surface area contributed by atoms with Crippen LogP contribution in [0.2, 0.25) is 0 Å². The van der Waals surface area contributed by atoms with E-state index in [-0.39, 0.29) is 0 Å². The van der Waals surface area contributed by atoms with Crippen LogP contribution in [0.3, 0.4) is 0 Å². The van der Waals surface area contributed by atoms with Gasteiger partial charge < -0.3 is 19.8 Å². The number of carboxylic acid groups (broad SMARTS) is 1. The number of nitrogens with zero attached hydrogens (tertiary/aromatic N) is 3. The van der Waals surface area contributed by atoms with Gasteiger partial charge in [0, 0.05) is 44.8 Å². The minimum atomic E-state index is -0.883. The lowest BCUT2D eigenvalue weighted by molar-refractivity contribution is 0.0212. The molecule has 0 aromatic heterocycles. The normalized spacial score (nSPS) is 22.4. The van der Waals surface area contributed by atoms with E-state index in [4.69, 9.17) is 9.84 Å². The number of hydrogen-bond donors (Lipinski definition) is 2. The fourth-order valence-electron chi connectivity index (χ4n) is 5.89. The van der Waals surface area contributed by atoms with Crippen molar-refractivity contribution >= 4 is 5.97 Å². The molecular weight excluding hydrogens is 478 g/mol. The average Bonchev–Trinajstić information content (AvgIpc) is 2.86. The van der Waals surface area contributed by atoms with Gasteiger partial charge in [0.05, 0.1) is 17.8 Å². The smallest absolute Gasteiger partial charge is 0.335 e. The Balaban J connectivity index is 1.21. The van der Waals surface area contributed by atoms with Gasteiger partial charge in [0.25, 0.3) is 0 Å². The zero-order valence-electron chi connectivity index (χ0n) is 23.5. The maximum Gasteiger partial charge on any atom is 0.335 e. The molecule has 0 radical (unpaired) electrons. The number of β-amino-alcohol motifs (C(OH)–C–C–N with tert-alkyl or cyclic N) is 1. The van der Waals surface area contributed by atoms with Gasteiger partial charge in [-0.2, -0.15) is 0 Å². The van der Waals surface area contributed by atoms with Gasteiger partial charge in [0.1, 0.15) is 5.75 Å². The highest BCUT2D eigenvalue weighted by Gasteiger charge is 2.29. The molecule has 4 rings (SSSR count). The highest BCUT2D eigenvalue weighted by molar-refractivity contribution is 5.87. The van der Waals surface area contributed by atoms with Crippen LogP contribution in [-0.4, -0.2) is 87.9 Å². The molecule has 0 aliphatic carbocycles. The van der Waals surface area contributed by atoms with Crippen LogP contribution in [0.25, 0.3) is 0 Å². The Morgan fingerprint density at radius 1 is 0.895 bits per heavy atom. The number of rotatable bonds is 10. The van der Waals surface area contributed by atoms with Gasteiger partial charge in [-0.25, -0.2) is 4.79 Å². The standard InChI is InChI=1S/C31H45N3O4/c1-23-17-33(19-25-5-9-28(10-6-25)30(35)36)18-24(2)34(23)20-26-7-11-29(12-8-26)38-21-27-13-15-32(16-14-27)22-31(3,4)37/h5-12,23-24,27,37H,13-22H2,1-4H3,(H,35,36)/t23-,24+. The summed E-state index contributed by atoms with van der Waals surface area (Å²) in [6.45, 7) is 15.6. The van der Waals surface area contributed by atoms with E-state index in [1.54, 1.807) is 12.1 Å². The number of hydrogen-bond acceptors (Lipinski definition) is 6. The van der Waals surface area contributed by atoms with Gasteiger partial charge in [-0.05, 0) is 94.9 Å². The first-order valence-corrected chi connectivity index (χ1v) is 14.0. The molecule has 208 valence electrons. The molecule has 7 heteroatoms. The number of ether oxygens (including phenoxy) is 1. The summed E-state index contributed by atoms with van der Waals surface area (Å²) in [5.41, 5.74) is 2.15. The molecule has 0 amide bonds. The molecule has 2 heterocycles. The van der Waals surface area contributed by atoms with Gasteiger partial charge in [-0.1, -0.05) is 24.3 Å². The van der Waals surface area contributed by atoms with Crippen LogP contribution in [0.4, 0.5) is 0 Å². The molecule has 2 aliphatic heterocycles. The lowest BCUT2D eigenvalue weighted by Gasteiger charge is -2.44. The van der Waals surface area contributed by atoms with Crippen LogP contribution in [-0.2, 0) is 13.1 Å². The summed E-state index contributed by atoms with van der Waals surface area (Å²) < 4.78 is 6.14. The maximum atomic E-state index is 11.1. The predicted molar refractivity (Wildman–Crippen MR) is 151 cm³/mol. The second kappa shape index (κ2) is 12.6. The van der Waals surface area contributed by atoms with Crippen molar-refractivity contribution in [1.29, 1.82) is 0 Å². The topological polar surface area (TPSA) is 76.5 Å². The highest BCUT2D eigenvalue weighted by atomic mass is 16.5. The molecule has 0 spiro atoms. The van der Waals surface area contributed by atoms with Gasteiger partial charge in [0.15, 0.2) is 0 Å². The van der Waals surface area contributed by atoms with Gasteiger partial charge in [-0.3, -0.25) is 9.80 Å². The molecule has 7 nitrogen and oxygen atoms in total. The summed E-state index contributed by atoms with van der Waals surface area (Å²) in [4.78, 5) is 18.5. The van der Waals surface area contributed by atoms with Crippen molar-refractivity contribution in [2.75, 3.05) is 39.3 Å². The van der Waals surface area contributed by atoms with E-state index in [1.807, 2.05) is 26.0 Å². The molecule has 2 saturated heterocycles.